The number of para-hydroxylation sites is 2. The Hall–Kier alpha value is -2.00. The predicted octanol–water partition coefficient (Wildman–Crippen LogP) is 6.12. The Balaban J connectivity index is 1.64. The van der Waals surface area contributed by atoms with Gasteiger partial charge in [0.05, 0.1) is 23.5 Å². The third-order valence-corrected chi connectivity index (χ3v) is 6.09. The fourth-order valence-electron chi connectivity index (χ4n) is 4.20. The van der Waals surface area contributed by atoms with Crippen LogP contribution in [0.1, 0.15) is 44.6 Å². The molecule has 1 saturated carbocycles. The lowest BCUT2D eigenvalue weighted by Gasteiger charge is -2.45. The van der Waals surface area contributed by atoms with Gasteiger partial charge in [0.1, 0.15) is 5.84 Å². The molecule has 0 unspecified atom stereocenters. The van der Waals surface area contributed by atoms with Crippen LogP contribution in [-0.2, 0) is 6.54 Å². The van der Waals surface area contributed by atoms with E-state index < -0.39 is 0 Å². The minimum absolute atomic E-state index is 0.0708. The molecule has 1 heterocycles. The molecule has 4 rings (SSSR count). The van der Waals surface area contributed by atoms with Gasteiger partial charge in [-0.05, 0) is 61.4 Å². The van der Waals surface area contributed by atoms with Crippen molar-refractivity contribution in [1.29, 1.82) is 0 Å². The molecule has 3 nitrogen and oxygen atoms in total. The molecule has 2 aromatic rings. The molecule has 0 amide bonds. The van der Waals surface area contributed by atoms with E-state index in [0.717, 1.165) is 40.9 Å². The van der Waals surface area contributed by atoms with Crippen LogP contribution in [0.15, 0.2) is 53.5 Å². The van der Waals surface area contributed by atoms with E-state index >= 15 is 0 Å². The maximum Gasteiger partial charge on any atom is 0.127 e. The Bertz CT molecular complexity index is 807. The quantitative estimate of drug-likeness (QED) is 0.686. The predicted molar refractivity (Wildman–Crippen MR) is 111 cm³/mol. The topological polar surface area (TPSA) is 36.4 Å². The molecule has 136 valence electrons. The van der Waals surface area contributed by atoms with Crippen molar-refractivity contribution in [2.45, 2.75) is 51.1 Å². The largest absolute Gasteiger partial charge is 0.371 e. The van der Waals surface area contributed by atoms with Gasteiger partial charge in [-0.3, -0.25) is 4.99 Å². The molecule has 2 N–H and O–H groups in total. The Morgan fingerprint density at radius 2 is 1.85 bits per heavy atom. The molecule has 0 atom stereocenters. The summed E-state index contributed by atoms with van der Waals surface area (Å²) in [5, 5.41) is 8.23. The lowest BCUT2D eigenvalue weighted by molar-refractivity contribution is 0.297. The summed E-state index contributed by atoms with van der Waals surface area (Å²) in [4.78, 5) is 5.01. The monoisotopic (exact) mass is 367 g/mol. The van der Waals surface area contributed by atoms with Crippen molar-refractivity contribution in [2.24, 2.45) is 10.9 Å². The summed E-state index contributed by atoms with van der Waals surface area (Å²) in [5.41, 5.74) is 3.37. The summed E-state index contributed by atoms with van der Waals surface area (Å²) in [5.74, 6) is 1.92. The van der Waals surface area contributed by atoms with E-state index in [1.807, 2.05) is 18.2 Å². The normalized spacial score (nSPS) is 26.2. The van der Waals surface area contributed by atoms with Gasteiger partial charge in [-0.2, -0.15) is 0 Å². The van der Waals surface area contributed by atoms with E-state index in [2.05, 4.69) is 47.9 Å². The summed E-state index contributed by atoms with van der Waals surface area (Å²) in [7, 11) is 0. The summed E-state index contributed by atoms with van der Waals surface area (Å²) in [6.07, 6.45) is 6.03. The third kappa shape index (κ3) is 3.45. The number of anilines is 2. The third-order valence-electron chi connectivity index (χ3n) is 5.85. The molecule has 0 aromatic heterocycles. The average Bonchev–Trinajstić information content (AvgIpc) is 2.67. The van der Waals surface area contributed by atoms with E-state index in [9.17, 15) is 0 Å². The van der Waals surface area contributed by atoms with Crippen LogP contribution in [0.25, 0.3) is 0 Å². The van der Waals surface area contributed by atoms with Crippen molar-refractivity contribution in [1.82, 2.24) is 0 Å². The molecule has 0 saturated heterocycles. The highest BCUT2D eigenvalue weighted by Crippen LogP contribution is 2.41. The second-order valence-corrected chi connectivity index (χ2v) is 7.96. The van der Waals surface area contributed by atoms with Crippen LogP contribution in [0.3, 0.4) is 0 Å². The smallest absolute Gasteiger partial charge is 0.127 e. The summed E-state index contributed by atoms with van der Waals surface area (Å²) in [6.45, 7) is 2.95. The summed E-state index contributed by atoms with van der Waals surface area (Å²) in [6, 6.07) is 16.4. The highest BCUT2D eigenvalue weighted by molar-refractivity contribution is 6.30. The molecule has 1 aliphatic carbocycles. The van der Waals surface area contributed by atoms with E-state index in [1.165, 1.54) is 24.9 Å². The first-order chi connectivity index (χ1) is 12.7. The van der Waals surface area contributed by atoms with Gasteiger partial charge in [0.15, 0.2) is 0 Å². The van der Waals surface area contributed by atoms with Crippen LogP contribution in [0.2, 0.25) is 5.02 Å². The number of fused-ring (bicyclic) bond motifs is 1. The number of amidine groups is 1. The van der Waals surface area contributed by atoms with E-state index in [4.69, 9.17) is 16.6 Å². The minimum atomic E-state index is -0.0708. The van der Waals surface area contributed by atoms with Gasteiger partial charge < -0.3 is 10.6 Å². The highest BCUT2D eigenvalue weighted by atomic mass is 35.5. The van der Waals surface area contributed by atoms with Crippen molar-refractivity contribution in [3.05, 3.63) is 59.1 Å². The van der Waals surface area contributed by atoms with Crippen LogP contribution in [-0.4, -0.2) is 11.4 Å². The number of hydrogen-bond donors (Lipinski definition) is 2. The SMILES string of the molecule is CCC1CCC2(CC1)Nc1ccccc1NC2=NCc1cccc(Cl)c1. The van der Waals surface area contributed by atoms with Gasteiger partial charge in [0, 0.05) is 5.02 Å². The molecule has 26 heavy (non-hydrogen) atoms. The number of halogens is 1. The van der Waals surface area contributed by atoms with Crippen molar-refractivity contribution < 1.29 is 0 Å². The fourth-order valence-corrected chi connectivity index (χ4v) is 4.42. The molecular weight excluding hydrogens is 342 g/mol. The maximum absolute atomic E-state index is 6.13. The van der Waals surface area contributed by atoms with Crippen molar-refractivity contribution in [2.75, 3.05) is 10.6 Å². The van der Waals surface area contributed by atoms with Crippen LogP contribution >= 0.6 is 11.6 Å². The second-order valence-electron chi connectivity index (χ2n) is 7.52. The molecule has 1 aliphatic heterocycles. The summed E-state index contributed by atoms with van der Waals surface area (Å²) >= 11 is 6.13. The van der Waals surface area contributed by atoms with Crippen molar-refractivity contribution in [3.63, 3.8) is 0 Å². The lowest BCUT2D eigenvalue weighted by atomic mass is 9.73. The van der Waals surface area contributed by atoms with Gasteiger partial charge >= 0.3 is 0 Å². The van der Waals surface area contributed by atoms with Crippen molar-refractivity contribution >= 4 is 28.8 Å². The zero-order valence-corrected chi connectivity index (χ0v) is 16.0. The Kier molecular flexibility index (Phi) is 4.90. The number of aliphatic imine (C=N–C) groups is 1. The zero-order valence-electron chi connectivity index (χ0n) is 15.3. The van der Waals surface area contributed by atoms with Crippen LogP contribution in [0, 0.1) is 5.92 Å². The average molecular weight is 368 g/mol. The second kappa shape index (κ2) is 7.32. The Morgan fingerprint density at radius 1 is 1.08 bits per heavy atom. The van der Waals surface area contributed by atoms with Crippen LogP contribution < -0.4 is 10.6 Å². The van der Waals surface area contributed by atoms with E-state index in [-0.39, 0.29) is 5.54 Å². The van der Waals surface area contributed by atoms with E-state index in [0.29, 0.717) is 6.54 Å². The lowest BCUT2D eigenvalue weighted by Crippen LogP contribution is -2.54. The molecule has 2 aromatic carbocycles. The first kappa shape index (κ1) is 17.4. The minimum Gasteiger partial charge on any atom is -0.371 e. The fraction of sp³-hybridized carbons (Fsp3) is 0.409. The van der Waals surface area contributed by atoms with Gasteiger partial charge in [0.2, 0.25) is 0 Å². The molecular formula is C22H26ClN3. The standard InChI is InChI=1S/C22H26ClN3/c1-2-16-10-12-22(13-11-16)21(24-15-17-6-5-7-18(23)14-17)25-19-8-3-4-9-20(19)26-22/h3-9,14,16,26H,2,10-13,15H2,1H3,(H,24,25). The van der Waals surface area contributed by atoms with Gasteiger partial charge in [-0.25, -0.2) is 0 Å². The number of nitrogens with one attached hydrogen (secondary N) is 2. The molecule has 1 spiro atoms. The number of rotatable bonds is 3. The highest BCUT2D eigenvalue weighted by Gasteiger charge is 2.42. The maximum atomic E-state index is 6.13. The molecule has 0 bridgehead atoms. The molecule has 4 heteroatoms. The molecule has 2 aliphatic rings. The zero-order chi connectivity index (χ0) is 18.0. The molecule has 1 fully saturated rings. The molecule has 0 radical (unpaired) electrons. The van der Waals surface area contributed by atoms with Crippen LogP contribution in [0.5, 0.6) is 0 Å². The number of nitrogens with zero attached hydrogens (tertiary/aromatic N) is 1. The number of hydrogen-bond acceptors (Lipinski definition) is 2. The number of benzene rings is 2. The first-order valence-corrected chi connectivity index (χ1v) is 10.00. The van der Waals surface area contributed by atoms with Gasteiger partial charge in [0.25, 0.3) is 0 Å². The summed E-state index contributed by atoms with van der Waals surface area (Å²) < 4.78 is 0. The van der Waals surface area contributed by atoms with Crippen molar-refractivity contribution in [3.8, 4) is 0 Å². The van der Waals surface area contributed by atoms with Gasteiger partial charge in [-0.1, -0.05) is 49.2 Å². The van der Waals surface area contributed by atoms with E-state index in [1.54, 1.807) is 0 Å². The first-order valence-electron chi connectivity index (χ1n) is 9.62. The Morgan fingerprint density at radius 3 is 2.58 bits per heavy atom. The van der Waals surface area contributed by atoms with Gasteiger partial charge in [-0.15, -0.1) is 0 Å². The Labute approximate surface area is 160 Å². The van der Waals surface area contributed by atoms with Crippen LogP contribution in [0.4, 0.5) is 11.4 Å².